The Kier molecular flexibility index (Phi) is 5.67. The van der Waals surface area contributed by atoms with Crippen LogP contribution in [0, 0.1) is 34.5 Å². The number of hydrogen-bond donors (Lipinski definition) is 1. The first kappa shape index (κ1) is 24.2. The molecule has 0 aromatic carbocycles. The van der Waals surface area contributed by atoms with Crippen LogP contribution in [0.15, 0.2) is 11.6 Å². The van der Waals surface area contributed by atoms with Crippen LogP contribution in [-0.2, 0) is 28.5 Å². The van der Waals surface area contributed by atoms with Crippen LogP contribution in [0.1, 0.15) is 66.2 Å². The Labute approximate surface area is 207 Å². The monoisotopic (exact) mass is 488 g/mol. The maximum absolute atomic E-state index is 14.1. The van der Waals surface area contributed by atoms with Crippen molar-refractivity contribution in [2.75, 3.05) is 7.11 Å². The normalized spacial score (nSPS) is 55.3. The molecule has 2 heterocycles. The number of carbonyl (C=O) groups is 2. The van der Waals surface area contributed by atoms with Gasteiger partial charge in [0.25, 0.3) is 0 Å². The Morgan fingerprint density at radius 3 is 2.60 bits per heavy atom. The molecule has 194 valence electrons. The molecule has 0 radical (unpaired) electrons. The first-order chi connectivity index (χ1) is 16.6. The van der Waals surface area contributed by atoms with Crippen LogP contribution < -0.4 is 0 Å². The standard InChI is InChI=1S/C28H40O7/c1-13-18-11-19(29)22-17-7-6-15-10-16(35-21-12-20(32-5)24(30)14(2)33-21)8-9-27(15,3)23(17)25(31)26(34-13)28(18,22)4/h6,13-14,16-18,20-24,26,30H,7-12H2,1-5H3/t13-,14-,16+,17+,18+,20-,21+,22+,23-,24+,26+,27+,28-/m1/s1. The summed E-state index contributed by atoms with van der Waals surface area (Å²) < 4.78 is 24.1. The second-order valence-corrected chi connectivity index (χ2v) is 12.5. The lowest BCUT2D eigenvalue weighted by Crippen LogP contribution is -2.61. The molecule has 0 aromatic rings. The number of Topliss-reactive ketones (excluding diaryl/α,β-unsaturated/α-hetero) is 2. The first-order valence-electron chi connectivity index (χ1n) is 13.5. The zero-order valence-corrected chi connectivity index (χ0v) is 21.6. The number of carbonyl (C=O) groups excluding carboxylic acids is 2. The molecule has 2 saturated heterocycles. The van der Waals surface area contributed by atoms with Crippen molar-refractivity contribution in [2.24, 2.45) is 34.5 Å². The highest BCUT2D eigenvalue weighted by molar-refractivity contribution is 5.96. The van der Waals surface area contributed by atoms with E-state index in [0.717, 1.165) is 25.7 Å². The predicted octanol–water partition coefficient (Wildman–Crippen LogP) is 3.22. The molecule has 2 aliphatic heterocycles. The zero-order chi connectivity index (χ0) is 24.9. The summed E-state index contributed by atoms with van der Waals surface area (Å²) in [5.41, 5.74) is 0.668. The van der Waals surface area contributed by atoms with Gasteiger partial charge in [0.15, 0.2) is 12.1 Å². The van der Waals surface area contributed by atoms with E-state index in [-0.39, 0.29) is 64.7 Å². The summed E-state index contributed by atoms with van der Waals surface area (Å²) in [6, 6.07) is 0. The van der Waals surface area contributed by atoms with Crippen molar-refractivity contribution in [3.63, 3.8) is 0 Å². The molecule has 7 heteroatoms. The van der Waals surface area contributed by atoms with Crippen molar-refractivity contribution in [2.45, 2.75) is 109 Å². The van der Waals surface area contributed by atoms with E-state index in [4.69, 9.17) is 18.9 Å². The topological polar surface area (TPSA) is 91.3 Å². The average molecular weight is 489 g/mol. The minimum atomic E-state index is -0.658. The molecular weight excluding hydrogens is 448 g/mol. The van der Waals surface area contributed by atoms with Crippen molar-refractivity contribution in [3.8, 4) is 0 Å². The van der Waals surface area contributed by atoms with Gasteiger partial charge in [-0.2, -0.15) is 0 Å². The van der Waals surface area contributed by atoms with Gasteiger partial charge in [0.05, 0.1) is 24.4 Å². The minimum Gasteiger partial charge on any atom is -0.388 e. The number of rotatable bonds is 3. The Morgan fingerprint density at radius 2 is 1.86 bits per heavy atom. The molecule has 4 aliphatic carbocycles. The summed E-state index contributed by atoms with van der Waals surface area (Å²) in [6.07, 6.45) is 4.37. The lowest BCUT2D eigenvalue weighted by Gasteiger charge is -2.57. The quantitative estimate of drug-likeness (QED) is 0.610. The van der Waals surface area contributed by atoms with Crippen LogP contribution >= 0.6 is 0 Å². The van der Waals surface area contributed by atoms with E-state index >= 15 is 0 Å². The van der Waals surface area contributed by atoms with Gasteiger partial charge in [0.1, 0.15) is 18.0 Å². The summed E-state index contributed by atoms with van der Waals surface area (Å²) >= 11 is 0. The molecule has 0 spiro atoms. The van der Waals surface area contributed by atoms with Crippen molar-refractivity contribution < 1.29 is 33.6 Å². The molecular formula is C28H40O7. The average Bonchev–Trinajstić information content (AvgIpc) is 3.23. The van der Waals surface area contributed by atoms with Crippen molar-refractivity contribution in [1.82, 2.24) is 0 Å². The van der Waals surface area contributed by atoms with E-state index in [1.54, 1.807) is 7.11 Å². The largest absolute Gasteiger partial charge is 0.388 e. The highest BCUT2D eigenvalue weighted by Crippen LogP contribution is 2.67. The highest BCUT2D eigenvalue weighted by atomic mass is 16.7. The first-order valence-corrected chi connectivity index (χ1v) is 13.5. The second-order valence-electron chi connectivity index (χ2n) is 12.5. The van der Waals surface area contributed by atoms with Crippen molar-refractivity contribution in [3.05, 3.63) is 11.6 Å². The molecule has 6 rings (SSSR count). The van der Waals surface area contributed by atoms with Crippen LogP contribution in [0.4, 0.5) is 0 Å². The SMILES string of the molecule is CO[C@@H]1C[C@H](O[C@H]2CC[C@@]3(C)C(=CC[C@H]4[C@H]5C(=O)C[C@H]6[C@@H](C)O[C@@H](C(=O)[C@@H]43)[C@@]56C)C2)O[C@H](C)[C@@H]1O. The molecule has 35 heavy (non-hydrogen) atoms. The van der Waals surface area contributed by atoms with Gasteiger partial charge < -0.3 is 24.1 Å². The molecule has 0 bridgehead atoms. The van der Waals surface area contributed by atoms with Gasteiger partial charge in [-0.15, -0.1) is 0 Å². The van der Waals surface area contributed by atoms with Gasteiger partial charge in [-0.25, -0.2) is 0 Å². The van der Waals surface area contributed by atoms with E-state index in [2.05, 4.69) is 19.9 Å². The molecule has 0 amide bonds. The highest BCUT2D eigenvalue weighted by Gasteiger charge is 2.72. The summed E-state index contributed by atoms with van der Waals surface area (Å²) in [4.78, 5) is 27.4. The Hall–Kier alpha value is -1.12. The third-order valence-corrected chi connectivity index (χ3v) is 10.9. The maximum atomic E-state index is 14.1. The van der Waals surface area contributed by atoms with E-state index in [0.29, 0.717) is 18.6 Å². The fourth-order valence-corrected chi connectivity index (χ4v) is 9.14. The summed E-state index contributed by atoms with van der Waals surface area (Å²) in [7, 11) is 1.61. The maximum Gasteiger partial charge on any atom is 0.166 e. The fourth-order valence-electron chi connectivity index (χ4n) is 9.14. The molecule has 13 atom stereocenters. The van der Waals surface area contributed by atoms with Gasteiger partial charge in [0, 0.05) is 43.1 Å². The minimum absolute atomic E-state index is 0.0000260. The van der Waals surface area contributed by atoms with E-state index < -0.39 is 18.5 Å². The second kappa shape index (κ2) is 8.19. The number of allylic oxidation sites excluding steroid dienone is 1. The molecule has 7 nitrogen and oxygen atoms in total. The van der Waals surface area contributed by atoms with E-state index in [1.807, 2.05) is 13.8 Å². The number of aliphatic hydroxyl groups is 1. The van der Waals surface area contributed by atoms with Gasteiger partial charge >= 0.3 is 0 Å². The van der Waals surface area contributed by atoms with E-state index in [9.17, 15) is 14.7 Å². The Balaban J connectivity index is 1.23. The number of ether oxygens (including phenoxy) is 4. The lowest BCUT2D eigenvalue weighted by molar-refractivity contribution is -0.265. The third-order valence-electron chi connectivity index (χ3n) is 10.9. The van der Waals surface area contributed by atoms with Crippen LogP contribution in [0.25, 0.3) is 0 Å². The Morgan fingerprint density at radius 1 is 1.09 bits per heavy atom. The lowest BCUT2D eigenvalue weighted by atomic mass is 9.46. The van der Waals surface area contributed by atoms with Crippen LogP contribution in [0.5, 0.6) is 0 Å². The number of aliphatic hydroxyl groups excluding tert-OH is 1. The summed E-state index contributed by atoms with van der Waals surface area (Å²) in [5.74, 6) is 0.557. The van der Waals surface area contributed by atoms with Gasteiger partial charge in [-0.1, -0.05) is 25.5 Å². The van der Waals surface area contributed by atoms with Crippen LogP contribution in [-0.4, -0.2) is 66.7 Å². The summed E-state index contributed by atoms with van der Waals surface area (Å²) in [6.45, 7) is 8.27. The van der Waals surface area contributed by atoms with Crippen LogP contribution in [0.3, 0.4) is 0 Å². The van der Waals surface area contributed by atoms with Gasteiger partial charge in [-0.3, -0.25) is 9.59 Å². The fraction of sp³-hybridized carbons (Fsp3) is 0.857. The molecule has 0 unspecified atom stereocenters. The predicted molar refractivity (Wildman–Crippen MR) is 126 cm³/mol. The molecule has 0 aromatic heterocycles. The van der Waals surface area contributed by atoms with Crippen molar-refractivity contribution >= 4 is 11.6 Å². The molecule has 5 fully saturated rings. The van der Waals surface area contributed by atoms with E-state index in [1.165, 1.54) is 5.57 Å². The molecule has 6 aliphatic rings. The third kappa shape index (κ3) is 3.27. The number of hydrogen-bond acceptors (Lipinski definition) is 7. The number of fused-ring (bicyclic) bond motifs is 4. The number of methoxy groups -OCH3 is 1. The smallest absolute Gasteiger partial charge is 0.166 e. The molecule has 1 N–H and O–H groups in total. The zero-order valence-electron chi connectivity index (χ0n) is 21.6. The van der Waals surface area contributed by atoms with Gasteiger partial charge in [-0.05, 0) is 50.9 Å². The molecule has 3 saturated carbocycles. The van der Waals surface area contributed by atoms with Crippen LogP contribution in [0.2, 0.25) is 0 Å². The van der Waals surface area contributed by atoms with Crippen molar-refractivity contribution in [1.29, 1.82) is 0 Å². The summed E-state index contributed by atoms with van der Waals surface area (Å²) in [5, 5.41) is 10.3. The number of ketones is 2. The Bertz CT molecular complexity index is 946. The van der Waals surface area contributed by atoms with Gasteiger partial charge in [0.2, 0.25) is 0 Å².